The maximum Gasteiger partial charge on any atom is 0.357 e. The van der Waals surface area contributed by atoms with Gasteiger partial charge in [-0.25, -0.2) is 4.39 Å². The van der Waals surface area contributed by atoms with Crippen LogP contribution >= 0.6 is 7.60 Å². The average molecular weight is 417 g/mol. The molecule has 0 fully saturated rings. The number of nitrogens with one attached hydrogen (secondary N) is 1. The van der Waals surface area contributed by atoms with Crippen LogP contribution in [0.4, 0.5) is 10.1 Å². The van der Waals surface area contributed by atoms with E-state index in [0.717, 1.165) is 30.4 Å². The van der Waals surface area contributed by atoms with E-state index in [1.807, 2.05) is 24.3 Å². The third-order valence-electron chi connectivity index (χ3n) is 4.22. The number of hydrogen-bond acceptors (Lipinski definition) is 4. The first kappa shape index (κ1) is 23.2. The molecule has 2 aromatic carbocycles. The predicted octanol–water partition coefficient (Wildman–Crippen LogP) is 6.74. The summed E-state index contributed by atoms with van der Waals surface area (Å²) in [5.74, 6) is 5.27. The van der Waals surface area contributed by atoms with Gasteiger partial charge in [-0.15, -0.1) is 0 Å². The molecule has 0 heterocycles. The summed E-state index contributed by atoms with van der Waals surface area (Å²) in [6.45, 7) is 6.15. The van der Waals surface area contributed by atoms with Gasteiger partial charge >= 0.3 is 7.60 Å². The van der Waals surface area contributed by atoms with E-state index < -0.39 is 13.4 Å². The van der Waals surface area contributed by atoms with Crippen LogP contribution < -0.4 is 5.32 Å². The van der Waals surface area contributed by atoms with Crippen LogP contribution in [-0.2, 0) is 13.6 Å². The highest BCUT2D eigenvalue weighted by Crippen LogP contribution is 2.61. The molecule has 2 aromatic rings. The Bertz CT molecular complexity index is 864. The Morgan fingerprint density at radius 2 is 1.69 bits per heavy atom. The van der Waals surface area contributed by atoms with Gasteiger partial charge in [-0.05, 0) is 50.6 Å². The van der Waals surface area contributed by atoms with Crippen molar-refractivity contribution in [3.05, 3.63) is 65.5 Å². The minimum Gasteiger partial charge on any atom is -0.368 e. The predicted molar refractivity (Wildman–Crippen MR) is 116 cm³/mol. The molecule has 0 radical (unpaired) electrons. The second-order valence-corrected chi connectivity index (χ2v) is 8.53. The molecule has 0 saturated heterocycles. The summed E-state index contributed by atoms with van der Waals surface area (Å²) in [5.41, 5.74) is 2.11. The summed E-state index contributed by atoms with van der Waals surface area (Å²) in [5, 5.41) is 3.23. The van der Waals surface area contributed by atoms with Crippen LogP contribution in [0.1, 0.15) is 56.9 Å². The van der Waals surface area contributed by atoms with Crippen molar-refractivity contribution < 1.29 is 18.0 Å². The zero-order valence-electron chi connectivity index (χ0n) is 17.3. The van der Waals surface area contributed by atoms with Crippen molar-refractivity contribution in [2.24, 2.45) is 0 Å². The van der Waals surface area contributed by atoms with E-state index >= 15 is 0 Å². The van der Waals surface area contributed by atoms with Crippen molar-refractivity contribution in [1.82, 2.24) is 0 Å². The highest BCUT2D eigenvalue weighted by Gasteiger charge is 2.38. The van der Waals surface area contributed by atoms with Gasteiger partial charge in [0.1, 0.15) is 5.82 Å². The number of benzene rings is 2. The van der Waals surface area contributed by atoms with Gasteiger partial charge in [0.25, 0.3) is 0 Å². The lowest BCUT2D eigenvalue weighted by molar-refractivity contribution is 0.214. The summed E-state index contributed by atoms with van der Waals surface area (Å²) in [7, 11) is -3.57. The number of rotatable bonds is 10. The van der Waals surface area contributed by atoms with E-state index in [2.05, 4.69) is 24.1 Å². The van der Waals surface area contributed by atoms with Crippen molar-refractivity contribution in [1.29, 1.82) is 0 Å². The molecule has 0 saturated carbocycles. The van der Waals surface area contributed by atoms with Crippen LogP contribution in [0.5, 0.6) is 0 Å². The second-order valence-electron chi connectivity index (χ2n) is 6.42. The van der Waals surface area contributed by atoms with Crippen LogP contribution in [0.25, 0.3) is 0 Å². The first-order valence-corrected chi connectivity index (χ1v) is 11.6. The van der Waals surface area contributed by atoms with Crippen LogP contribution in [0.15, 0.2) is 48.5 Å². The van der Waals surface area contributed by atoms with Gasteiger partial charge in [0.2, 0.25) is 0 Å². The molecule has 0 aromatic heterocycles. The summed E-state index contributed by atoms with van der Waals surface area (Å²) in [6.07, 6.45) is 2.91. The minimum atomic E-state index is -3.57. The summed E-state index contributed by atoms with van der Waals surface area (Å²) in [6, 6.07) is 13.4. The quantitative estimate of drug-likeness (QED) is 0.264. The largest absolute Gasteiger partial charge is 0.368 e. The molecule has 0 amide bonds. The van der Waals surface area contributed by atoms with E-state index in [-0.39, 0.29) is 19.0 Å². The Morgan fingerprint density at radius 1 is 1.03 bits per heavy atom. The Kier molecular flexibility index (Phi) is 9.41. The number of anilines is 1. The molecular formula is C23H29FNO3P. The lowest BCUT2D eigenvalue weighted by Gasteiger charge is -2.29. The van der Waals surface area contributed by atoms with Gasteiger partial charge in [-0.1, -0.05) is 43.4 Å². The van der Waals surface area contributed by atoms with Crippen molar-refractivity contribution in [3.8, 4) is 11.8 Å². The van der Waals surface area contributed by atoms with Crippen LogP contribution in [0.2, 0.25) is 0 Å². The maximum absolute atomic E-state index is 13.7. The molecule has 0 aliphatic heterocycles. The van der Waals surface area contributed by atoms with Gasteiger partial charge in [0, 0.05) is 23.2 Å². The fourth-order valence-electron chi connectivity index (χ4n) is 2.85. The molecule has 29 heavy (non-hydrogen) atoms. The molecule has 1 N–H and O–H groups in total. The highest BCUT2D eigenvalue weighted by atomic mass is 31.2. The monoisotopic (exact) mass is 417 g/mol. The Labute approximate surface area is 173 Å². The zero-order chi connectivity index (χ0) is 21.1. The van der Waals surface area contributed by atoms with E-state index in [1.54, 1.807) is 26.0 Å². The standard InChI is InChI=1S/C23H29FNO3P/c1-4-7-8-9-12-19-13-10-11-14-22(19)23(29(26,27-5-2)28-6-3)25-21-17-15-20(24)16-18-21/h10-11,13-18,23,25H,4-8H2,1-3H3. The topological polar surface area (TPSA) is 47.6 Å². The molecule has 6 heteroatoms. The third-order valence-corrected chi connectivity index (χ3v) is 6.49. The molecule has 0 spiro atoms. The number of halogens is 1. The van der Waals surface area contributed by atoms with Gasteiger partial charge in [0.05, 0.1) is 13.2 Å². The van der Waals surface area contributed by atoms with Crippen LogP contribution in [-0.4, -0.2) is 13.2 Å². The average Bonchev–Trinajstić information content (AvgIpc) is 2.71. The molecule has 0 bridgehead atoms. The lowest BCUT2D eigenvalue weighted by atomic mass is 10.1. The molecule has 0 aliphatic carbocycles. The van der Waals surface area contributed by atoms with E-state index in [9.17, 15) is 8.96 Å². The Morgan fingerprint density at radius 3 is 2.31 bits per heavy atom. The number of hydrogen-bond donors (Lipinski definition) is 1. The highest BCUT2D eigenvalue weighted by molar-refractivity contribution is 7.54. The van der Waals surface area contributed by atoms with Gasteiger partial charge in [0.15, 0.2) is 5.78 Å². The summed E-state index contributed by atoms with van der Waals surface area (Å²) < 4.78 is 38.3. The Balaban J connectivity index is 2.50. The van der Waals surface area contributed by atoms with Gasteiger partial charge in [-0.2, -0.15) is 0 Å². The lowest BCUT2D eigenvalue weighted by Crippen LogP contribution is -2.16. The maximum atomic E-state index is 13.7. The van der Waals surface area contributed by atoms with Crippen LogP contribution in [0, 0.1) is 17.7 Å². The van der Waals surface area contributed by atoms with Gasteiger partial charge < -0.3 is 14.4 Å². The van der Waals surface area contributed by atoms with E-state index in [1.165, 1.54) is 12.1 Å². The zero-order valence-corrected chi connectivity index (χ0v) is 18.2. The summed E-state index contributed by atoms with van der Waals surface area (Å²) in [4.78, 5) is 0. The van der Waals surface area contributed by atoms with Gasteiger partial charge in [-0.3, -0.25) is 4.57 Å². The fraction of sp³-hybridized carbons (Fsp3) is 0.391. The normalized spacial score (nSPS) is 12.1. The molecule has 2 rings (SSSR count). The first-order valence-electron chi connectivity index (χ1n) is 10.0. The first-order chi connectivity index (χ1) is 14.0. The van der Waals surface area contributed by atoms with Crippen molar-refractivity contribution in [2.45, 2.75) is 45.8 Å². The summed E-state index contributed by atoms with van der Waals surface area (Å²) >= 11 is 0. The number of unbranched alkanes of at least 4 members (excludes halogenated alkanes) is 2. The van der Waals surface area contributed by atoms with Crippen molar-refractivity contribution in [3.63, 3.8) is 0 Å². The molecule has 0 aliphatic rings. The van der Waals surface area contributed by atoms with Crippen molar-refractivity contribution >= 4 is 13.3 Å². The Hall–Kier alpha value is -2.12. The molecule has 1 atom stereocenters. The van der Waals surface area contributed by atoms with E-state index in [0.29, 0.717) is 5.69 Å². The van der Waals surface area contributed by atoms with E-state index in [4.69, 9.17) is 9.05 Å². The van der Waals surface area contributed by atoms with Crippen LogP contribution in [0.3, 0.4) is 0 Å². The molecular weight excluding hydrogens is 388 g/mol. The molecule has 4 nitrogen and oxygen atoms in total. The SMILES string of the molecule is CCCCC#Cc1ccccc1C(Nc1ccc(F)cc1)P(=O)(OCC)OCC. The minimum absolute atomic E-state index is 0.239. The molecule has 1 unspecified atom stereocenters. The second kappa shape index (κ2) is 11.8. The third kappa shape index (κ3) is 6.72. The smallest absolute Gasteiger partial charge is 0.357 e. The fourth-order valence-corrected chi connectivity index (χ4v) is 4.82. The molecule has 156 valence electrons. The van der Waals surface area contributed by atoms with Crippen molar-refractivity contribution in [2.75, 3.05) is 18.5 Å².